The van der Waals surface area contributed by atoms with Crippen LogP contribution in [-0.2, 0) is 10.2 Å². The van der Waals surface area contributed by atoms with Crippen molar-refractivity contribution in [3.63, 3.8) is 0 Å². The Balaban J connectivity index is 2.04. The van der Waals surface area contributed by atoms with Crippen LogP contribution in [0.3, 0.4) is 0 Å². The number of hydrogen-bond acceptors (Lipinski definition) is 2. The van der Waals surface area contributed by atoms with Crippen molar-refractivity contribution in [2.24, 2.45) is 22.5 Å². The molecule has 0 radical (unpaired) electrons. The third-order valence-corrected chi connectivity index (χ3v) is 7.15. The van der Waals surface area contributed by atoms with Crippen molar-refractivity contribution in [2.45, 2.75) is 51.4 Å². The Labute approximate surface area is 144 Å². The summed E-state index contributed by atoms with van der Waals surface area (Å²) in [7, 11) is 0. The molecular weight excluding hydrogens is 302 g/mol. The molecule has 126 valence electrons. The number of primary amides is 1. The van der Waals surface area contributed by atoms with Crippen molar-refractivity contribution < 1.29 is 4.79 Å². The molecular formula is C20H29NOS. The van der Waals surface area contributed by atoms with E-state index in [9.17, 15) is 4.79 Å². The molecule has 1 aromatic carbocycles. The Kier molecular flexibility index (Phi) is 4.29. The second kappa shape index (κ2) is 5.84. The molecule has 1 amide bonds. The van der Waals surface area contributed by atoms with Gasteiger partial charge in [-0.3, -0.25) is 4.79 Å². The number of hydrogen-bond donors (Lipinski definition) is 1. The van der Waals surface area contributed by atoms with Gasteiger partial charge in [-0.15, -0.1) is 0 Å². The molecule has 1 aromatic rings. The van der Waals surface area contributed by atoms with E-state index in [4.69, 9.17) is 5.73 Å². The van der Waals surface area contributed by atoms with E-state index in [0.717, 1.165) is 12.8 Å². The monoisotopic (exact) mass is 331 g/mol. The first-order valence-corrected chi connectivity index (χ1v) is 10.0. The molecule has 2 saturated carbocycles. The van der Waals surface area contributed by atoms with E-state index in [1.807, 2.05) is 11.8 Å². The molecule has 0 spiro atoms. The average molecular weight is 332 g/mol. The normalized spacial score (nSPS) is 39.9. The number of fused-ring (bicyclic) bond motifs is 2. The zero-order chi connectivity index (χ0) is 16.7. The summed E-state index contributed by atoms with van der Waals surface area (Å²) in [5.74, 6) is 1.69. The van der Waals surface area contributed by atoms with Crippen LogP contribution in [0.25, 0.3) is 0 Å². The van der Waals surface area contributed by atoms with E-state index in [2.05, 4.69) is 50.4 Å². The second-order valence-corrected chi connectivity index (χ2v) is 9.51. The first-order chi connectivity index (χ1) is 10.8. The van der Waals surface area contributed by atoms with Crippen molar-refractivity contribution in [1.82, 2.24) is 0 Å². The van der Waals surface area contributed by atoms with Crippen LogP contribution >= 0.6 is 11.8 Å². The highest BCUT2D eigenvalue weighted by atomic mass is 32.2. The van der Waals surface area contributed by atoms with Gasteiger partial charge < -0.3 is 5.73 Å². The maximum Gasteiger partial charge on any atom is 0.223 e. The molecule has 3 heteroatoms. The van der Waals surface area contributed by atoms with Crippen LogP contribution < -0.4 is 5.73 Å². The standard InChI is InChI=1S/C20H29NOS/c1-18(14-23-3)9-15-10-19(2,17(21)22)13-20(11-15,12-18)16-7-5-4-6-8-16/h4-8,15H,9-14H2,1-3H3,(H2,21,22). The van der Waals surface area contributed by atoms with Gasteiger partial charge in [0.05, 0.1) is 0 Å². The molecule has 2 aliphatic carbocycles. The highest BCUT2D eigenvalue weighted by Crippen LogP contribution is 2.61. The van der Waals surface area contributed by atoms with Gasteiger partial charge in [-0.2, -0.15) is 11.8 Å². The summed E-state index contributed by atoms with van der Waals surface area (Å²) in [4.78, 5) is 12.2. The molecule has 2 aliphatic rings. The van der Waals surface area contributed by atoms with Crippen LogP contribution in [0.1, 0.15) is 51.5 Å². The second-order valence-electron chi connectivity index (χ2n) is 8.65. The molecule has 0 aromatic heterocycles. The minimum Gasteiger partial charge on any atom is -0.369 e. The summed E-state index contributed by atoms with van der Waals surface area (Å²) in [5, 5.41) is 0. The minimum absolute atomic E-state index is 0.108. The zero-order valence-corrected chi connectivity index (χ0v) is 15.4. The number of carbonyl (C=O) groups excluding carboxylic acids is 1. The van der Waals surface area contributed by atoms with E-state index < -0.39 is 0 Å². The Hall–Kier alpha value is -0.960. The topological polar surface area (TPSA) is 43.1 Å². The fourth-order valence-corrected chi connectivity index (χ4v) is 6.69. The summed E-state index contributed by atoms with van der Waals surface area (Å²) in [6, 6.07) is 10.9. The van der Waals surface area contributed by atoms with Crippen LogP contribution in [-0.4, -0.2) is 17.9 Å². The van der Waals surface area contributed by atoms with E-state index in [1.54, 1.807) is 0 Å². The van der Waals surface area contributed by atoms with Gasteiger partial charge in [0.25, 0.3) is 0 Å². The Morgan fingerprint density at radius 1 is 1.17 bits per heavy atom. The SMILES string of the molecule is CSCC1(C)CC2CC(C)(C(N)=O)CC(c3ccccc3)(C2)C1. The predicted molar refractivity (Wildman–Crippen MR) is 98.5 cm³/mol. The minimum atomic E-state index is -0.362. The van der Waals surface area contributed by atoms with Gasteiger partial charge in [-0.05, 0) is 66.4 Å². The largest absolute Gasteiger partial charge is 0.369 e. The van der Waals surface area contributed by atoms with E-state index in [1.165, 1.54) is 30.6 Å². The maximum atomic E-state index is 12.2. The third kappa shape index (κ3) is 3.05. The molecule has 2 bridgehead atoms. The van der Waals surface area contributed by atoms with Crippen molar-refractivity contribution in [2.75, 3.05) is 12.0 Å². The highest BCUT2D eigenvalue weighted by Gasteiger charge is 2.55. The van der Waals surface area contributed by atoms with Crippen LogP contribution in [0.5, 0.6) is 0 Å². The van der Waals surface area contributed by atoms with Gasteiger partial charge in [0.2, 0.25) is 5.91 Å². The van der Waals surface area contributed by atoms with Crippen molar-refractivity contribution in [3.05, 3.63) is 35.9 Å². The number of benzene rings is 1. The molecule has 0 heterocycles. The summed E-state index contributed by atoms with van der Waals surface area (Å²) in [6.45, 7) is 4.54. The lowest BCUT2D eigenvalue weighted by atomic mass is 9.47. The van der Waals surface area contributed by atoms with E-state index in [-0.39, 0.29) is 16.7 Å². The van der Waals surface area contributed by atoms with E-state index >= 15 is 0 Å². The fourth-order valence-electron chi connectivity index (χ4n) is 5.78. The van der Waals surface area contributed by atoms with Crippen LogP contribution in [0.2, 0.25) is 0 Å². The first-order valence-electron chi connectivity index (χ1n) is 8.65. The molecule has 2 fully saturated rings. The predicted octanol–water partition coefficient (Wildman–Crippen LogP) is 4.38. The van der Waals surface area contributed by atoms with Crippen molar-refractivity contribution >= 4 is 17.7 Å². The molecule has 4 atom stereocenters. The number of amides is 1. The molecule has 3 rings (SSSR count). The van der Waals surface area contributed by atoms with Crippen LogP contribution in [0.4, 0.5) is 0 Å². The summed E-state index contributed by atoms with van der Waals surface area (Å²) in [6.07, 6.45) is 7.68. The first kappa shape index (κ1) is 16.9. The van der Waals surface area contributed by atoms with E-state index in [0.29, 0.717) is 11.3 Å². The van der Waals surface area contributed by atoms with Gasteiger partial charge in [-0.1, -0.05) is 44.2 Å². The summed E-state index contributed by atoms with van der Waals surface area (Å²) < 4.78 is 0. The van der Waals surface area contributed by atoms with Gasteiger partial charge >= 0.3 is 0 Å². The van der Waals surface area contributed by atoms with Gasteiger partial charge in [0, 0.05) is 5.41 Å². The van der Waals surface area contributed by atoms with Crippen molar-refractivity contribution in [1.29, 1.82) is 0 Å². The molecule has 2 N–H and O–H groups in total. The third-order valence-electron chi connectivity index (χ3n) is 6.17. The lowest BCUT2D eigenvalue weighted by Crippen LogP contribution is -2.53. The van der Waals surface area contributed by atoms with Gasteiger partial charge in [-0.25, -0.2) is 0 Å². The average Bonchev–Trinajstić information content (AvgIpc) is 2.46. The van der Waals surface area contributed by atoms with Crippen molar-refractivity contribution in [3.8, 4) is 0 Å². The zero-order valence-electron chi connectivity index (χ0n) is 14.6. The molecule has 0 saturated heterocycles. The Morgan fingerprint density at radius 2 is 1.87 bits per heavy atom. The lowest BCUT2D eigenvalue weighted by Gasteiger charge is -2.57. The molecule has 0 aliphatic heterocycles. The highest BCUT2D eigenvalue weighted by molar-refractivity contribution is 7.98. The molecule has 2 nitrogen and oxygen atoms in total. The van der Waals surface area contributed by atoms with Crippen LogP contribution in [0, 0.1) is 16.7 Å². The maximum absolute atomic E-state index is 12.2. The smallest absolute Gasteiger partial charge is 0.223 e. The quantitative estimate of drug-likeness (QED) is 0.890. The number of carbonyl (C=O) groups is 1. The Bertz CT molecular complexity index is 589. The summed E-state index contributed by atoms with van der Waals surface area (Å²) >= 11 is 1.95. The van der Waals surface area contributed by atoms with Gasteiger partial charge in [0.15, 0.2) is 0 Å². The summed E-state index contributed by atoms with van der Waals surface area (Å²) in [5.41, 5.74) is 7.34. The fraction of sp³-hybridized carbons (Fsp3) is 0.650. The van der Waals surface area contributed by atoms with Gasteiger partial charge in [0.1, 0.15) is 0 Å². The number of thioether (sulfide) groups is 1. The van der Waals surface area contributed by atoms with Crippen LogP contribution in [0.15, 0.2) is 30.3 Å². The number of nitrogens with two attached hydrogens (primary N) is 1. The molecule has 4 unspecified atom stereocenters. The Morgan fingerprint density at radius 3 is 2.48 bits per heavy atom. The number of rotatable bonds is 4. The lowest BCUT2D eigenvalue weighted by molar-refractivity contribution is -0.134. The molecule has 23 heavy (non-hydrogen) atoms.